The molecule has 188 valence electrons. The summed E-state index contributed by atoms with van der Waals surface area (Å²) in [7, 11) is 0. The SMILES string of the molecule is CCCCCC(=O)Nc1cccc(NCC(=O)Nc2cccc(C(=O)N(CC)c3ccccc3)c2)c1. The van der Waals surface area contributed by atoms with Gasteiger partial charge in [-0.25, -0.2) is 0 Å². The van der Waals surface area contributed by atoms with Crippen LogP contribution < -0.4 is 20.9 Å². The number of anilines is 4. The van der Waals surface area contributed by atoms with Crippen molar-refractivity contribution >= 4 is 40.5 Å². The molecule has 0 aromatic heterocycles. The monoisotopic (exact) mass is 486 g/mol. The third kappa shape index (κ3) is 7.98. The summed E-state index contributed by atoms with van der Waals surface area (Å²) in [6, 6.07) is 23.7. The zero-order chi connectivity index (χ0) is 25.8. The molecule has 3 N–H and O–H groups in total. The van der Waals surface area contributed by atoms with Gasteiger partial charge in [0.15, 0.2) is 0 Å². The molecule has 3 rings (SSSR count). The molecule has 3 aromatic carbocycles. The lowest BCUT2D eigenvalue weighted by Gasteiger charge is -2.21. The number of unbranched alkanes of at least 4 members (excludes halogenated alkanes) is 2. The fraction of sp³-hybridized carbons (Fsp3) is 0.276. The van der Waals surface area contributed by atoms with E-state index in [4.69, 9.17) is 0 Å². The molecule has 0 atom stereocenters. The standard InChI is InChI=1S/C29H34N4O3/c1-3-5-7-18-27(34)31-25-15-11-13-23(20-25)30-21-28(35)32-24-14-10-12-22(19-24)29(36)33(4-2)26-16-8-6-9-17-26/h6,8-17,19-20,30H,3-5,7,18,21H2,1-2H3,(H,31,34)(H,32,35). The number of carbonyl (C=O) groups is 3. The van der Waals surface area contributed by atoms with E-state index in [1.165, 1.54) is 0 Å². The van der Waals surface area contributed by atoms with Gasteiger partial charge in [-0.3, -0.25) is 14.4 Å². The fourth-order valence-corrected chi connectivity index (χ4v) is 3.79. The van der Waals surface area contributed by atoms with Crippen molar-refractivity contribution in [3.63, 3.8) is 0 Å². The fourth-order valence-electron chi connectivity index (χ4n) is 3.79. The summed E-state index contributed by atoms with van der Waals surface area (Å²) in [4.78, 5) is 39.4. The molecule has 0 saturated heterocycles. The third-order valence-corrected chi connectivity index (χ3v) is 5.63. The molecular weight excluding hydrogens is 452 g/mol. The van der Waals surface area contributed by atoms with Crippen LogP contribution in [0.25, 0.3) is 0 Å². The summed E-state index contributed by atoms with van der Waals surface area (Å²) < 4.78 is 0. The van der Waals surface area contributed by atoms with Gasteiger partial charge in [0.05, 0.1) is 6.54 Å². The van der Waals surface area contributed by atoms with Crippen LogP contribution in [0.5, 0.6) is 0 Å². The van der Waals surface area contributed by atoms with E-state index in [9.17, 15) is 14.4 Å². The van der Waals surface area contributed by atoms with Gasteiger partial charge >= 0.3 is 0 Å². The molecule has 0 aliphatic carbocycles. The highest BCUT2D eigenvalue weighted by Crippen LogP contribution is 2.19. The molecule has 0 bridgehead atoms. The maximum Gasteiger partial charge on any atom is 0.258 e. The Morgan fingerprint density at radius 1 is 0.722 bits per heavy atom. The molecule has 7 heteroatoms. The number of hydrogen-bond donors (Lipinski definition) is 3. The Kier molecular flexibility index (Phi) is 10.1. The summed E-state index contributed by atoms with van der Waals surface area (Å²) in [6.45, 7) is 4.60. The zero-order valence-electron chi connectivity index (χ0n) is 20.9. The Labute approximate surface area is 212 Å². The van der Waals surface area contributed by atoms with E-state index in [1.807, 2.05) is 55.5 Å². The molecule has 0 spiro atoms. The predicted molar refractivity (Wildman–Crippen MR) is 147 cm³/mol. The molecule has 3 amide bonds. The van der Waals surface area contributed by atoms with Crippen molar-refractivity contribution in [1.29, 1.82) is 0 Å². The minimum atomic E-state index is -0.246. The molecule has 36 heavy (non-hydrogen) atoms. The zero-order valence-corrected chi connectivity index (χ0v) is 20.9. The summed E-state index contributed by atoms with van der Waals surface area (Å²) in [6.07, 6.45) is 3.47. The van der Waals surface area contributed by atoms with Crippen LogP contribution in [0.4, 0.5) is 22.7 Å². The second-order valence-corrected chi connectivity index (χ2v) is 8.45. The molecular formula is C29H34N4O3. The Bertz CT molecular complexity index is 1160. The van der Waals surface area contributed by atoms with E-state index in [0.29, 0.717) is 29.9 Å². The predicted octanol–water partition coefficient (Wildman–Crippen LogP) is 5.92. The number of hydrogen-bond acceptors (Lipinski definition) is 4. The first-order chi connectivity index (χ1) is 17.5. The molecule has 0 aliphatic heterocycles. The van der Waals surface area contributed by atoms with Gasteiger partial charge in [0.1, 0.15) is 0 Å². The lowest BCUT2D eigenvalue weighted by atomic mass is 10.1. The van der Waals surface area contributed by atoms with Crippen molar-refractivity contribution in [1.82, 2.24) is 0 Å². The highest BCUT2D eigenvalue weighted by atomic mass is 16.2. The van der Waals surface area contributed by atoms with Crippen LogP contribution in [0, 0.1) is 0 Å². The highest BCUT2D eigenvalue weighted by Gasteiger charge is 2.16. The van der Waals surface area contributed by atoms with Gasteiger partial charge in [-0.15, -0.1) is 0 Å². The van der Waals surface area contributed by atoms with Gasteiger partial charge in [0, 0.05) is 41.3 Å². The van der Waals surface area contributed by atoms with Crippen molar-refractivity contribution in [3.8, 4) is 0 Å². The largest absolute Gasteiger partial charge is 0.376 e. The Morgan fingerprint density at radius 2 is 1.39 bits per heavy atom. The van der Waals surface area contributed by atoms with Gasteiger partial charge in [-0.1, -0.05) is 50.1 Å². The van der Waals surface area contributed by atoms with E-state index in [-0.39, 0.29) is 24.3 Å². The Hall–Kier alpha value is -4.13. The normalized spacial score (nSPS) is 10.4. The Morgan fingerprint density at radius 3 is 2.11 bits per heavy atom. The van der Waals surface area contributed by atoms with Crippen molar-refractivity contribution < 1.29 is 14.4 Å². The molecule has 3 aromatic rings. The lowest BCUT2D eigenvalue weighted by Crippen LogP contribution is -2.30. The van der Waals surface area contributed by atoms with Crippen LogP contribution >= 0.6 is 0 Å². The molecule has 0 fully saturated rings. The van der Waals surface area contributed by atoms with Gasteiger partial charge in [-0.05, 0) is 61.9 Å². The summed E-state index contributed by atoms with van der Waals surface area (Å²) in [5.41, 5.74) is 3.27. The smallest absolute Gasteiger partial charge is 0.258 e. The summed E-state index contributed by atoms with van der Waals surface area (Å²) in [5.74, 6) is -0.392. The minimum absolute atomic E-state index is 0.0123. The van der Waals surface area contributed by atoms with Crippen LogP contribution in [-0.2, 0) is 9.59 Å². The van der Waals surface area contributed by atoms with E-state index < -0.39 is 0 Å². The van der Waals surface area contributed by atoms with Gasteiger partial charge in [0.25, 0.3) is 5.91 Å². The number of benzene rings is 3. The quantitative estimate of drug-likeness (QED) is 0.277. The molecule has 0 aliphatic rings. The first kappa shape index (κ1) is 26.5. The Balaban J connectivity index is 1.55. The van der Waals surface area contributed by atoms with Crippen LogP contribution in [0.2, 0.25) is 0 Å². The van der Waals surface area contributed by atoms with E-state index >= 15 is 0 Å². The lowest BCUT2D eigenvalue weighted by molar-refractivity contribution is -0.116. The number of para-hydroxylation sites is 1. The van der Waals surface area contributed by atoms with Crippen LogP contribution in [-0.4, -0.2) is 30.8 Å². The van der Waals surface area contributed by atoms with Crippen molar-refractivity contribution in [2.24, 2.45) is 0 Å². The number of amides is 3. The van der Waals surface area contributed by atoms with Crippen LogP contribution in [0.3, 0.4) is 0 Å². The minimum Gasteiger partial charge on any atom is -0.376 e. The molecule has 0 radical (unpaired) electrons. The maximum atomic E-state index is 13.1. The maximum absolute atomic E-state index is 13.1. The molecule has 7 nitrogen and oxygen atoms in total. The average Bonchev–Trinajstić information content (AvgIpc) is 2.89. The van der Waals surface area contributed by atoms with Gasteiger partial charge in [-0.2, -0.15) is 0 Å². The topological polar surface area (TPSA) is 90.5 Å². The number of nitrogens with one attached hydrogen (secondary N) is 3. The second kappa shape index (κ2) is 13.7. The van der Waals surface area contributed by atoms with Gasteiger partial charge in [0.2, 0.25) is 11.8 Å². The summed E-state index contributed by atoms with van der Waals surface area (Å²) in [5, 5.41) is 8.81. The number of nitrogens with zero attached hydrogens (tertiary/aromatic N) is 1. The molecule has 0 saturated carbocycles. The molecule has 0 heterocycles. The molecule has 0 unspecified atom stereocenters. The van der Waals surface area contributed by atoms with Crippen LogP contribution in [0.15, 0.2) is 78.9 Å². The first-order valence-corrected chi connectivity index (χ1v) is 12.4. The van der Waals surface area contributed by atoms with Crippen molar-refractivity contribution in [2.75, 3.05) is 33.9 Å². The van der Waals surface area contributed by atoms with Crippen LogP contribution in [0.1, 0.15) is 49.9 Å². The van der Waals surface area contributed by atoms with Gasteiger partial charge < -0.3 is 20.9 Å². The number of carbonyl (C=O) groups excluding carboxylic acids is 3. The van der Waals surface area contributed by atoms with E-state index in [0.717, 1.165) is 30.6 Å². The first-order valence-electron chi connectivity index (χ1n) is 12.4. The third-order valence-electron chi connectivity index (χ3n) is 5.63. The average molecular weight is 487 g/mol. The highest BCUT2D eigenvalue weighted by molar-refractivity contribution is 6.07. The summed E-state index contributed by atoms with van der Waals surface area (Å²) >= 11 is 0. The number of rotatable bonds is 12. The van der Waals surface area contributed by atoms with Crippen molar-refractivity contribution in [2.45, 2.75) is 39.5 Å². The second-order valence-electron chi connectivity index (χ2n) is 8.45. The van der Waals surface area contributed by atoms with Crippen molar-refractivity contribution in [3.05, 3.63) is 84.4 Å². The van der Waals surface area contributed by atoms with E-state index in [2.05, 4.69) is 22.9 Å². The van der Waals surface area contributed by atoms with E-state index in [1.54, 1.807) is 35.2 Å².